The van der Waals surface area contributed by atoms with Gasteiger partial charge in [-0.1, -0.05) is 48.5 Å². The van der Waals surface area contributed by atoms with Crippen LogP contribution in [-0.4, -0.2) is 13.2 Å². The van der Waals surface area contributed by atoms with Gasteiger partial charge in [0.15, 0.2) is 0 Å². The predicted octanol–water partition coefficient (Wildman–Crippen LogP) is 4.12. The van der Waals surface area contributed by atoms with Gasteiger partial charge in [0.05, 0.1) is 0 Å². The highest BCUT2D eigenvalue weighted by Gasteiger charge is 2.13. The molecule has 0 N–H and O–H groups in total. The Morgan fingerprint density at radius 1 is 1.00 bits per heavy atom. The zero-order chi connectivity index (χ0) is 10.9. The van der Waals surface area contributed by atoms with Gasteiger partial charge in [0.2, 0.25) is 0 Å². The summed E-state index contributed by atoms with van der Waals surface area (Å²) in [6, 6.07) is 0. The molecule has 1 fully saturated rings. The molecule has 1 heterocycles. The van der Waals surface area contributed by atoms with Crippen LogP contribution in [0.3, 0.4) is 0 Å². The molecule has 0 bridgehead atoms. The fourth-order valence-corrected chi connectivity index (χ4v) is 0.144. The summed E-state index contributed by atoms with van der Waals surface area (Å²) < 4.78 is 4.72. The van der Waals surface area contributed by atoms with Crippen LogP contribution in [0.5, 0.6) is 0 Å². The molecular weight excluding hydrogens is 160 g/mol. The van der Waals surface area contributed by atoms with Gasteiger partial charge in [-0.3, -0.25) is 0 Å². The molecule has 0 unspecified atom stereocenters. The Hall–Kier alpha value is -0.0400. The van der Waals surface area contributed by atoms with E-state index in [4.69, 9.17) is 4.74 Å². The first-order valence-corrected chi connectivity index (χ1v) is 5.52. The quantitative estimate of drug-likeness (QED) is 0.555. The van der Waals surface area contributed by atoms with Crippen molar-refractivity contribution in [2.24, 2.45) is 11.3 Å². The molecule has 0 spiro atoms. The van der Waals surface area contributed by atoms with Gasteiger partial charge in [-0.2, -0.15) is 0 Å². The molecule has 0 amide bonds. The van der Waals surface area contributed by atoms with E-state index < -0.39 is 0 Å². The molecule has 0 saturated carbocycles. The summed E-state index contributed by atoms with van der Waals surface area (Å²) in [4.78, 5) is 0. The molecule has 0 radical (unpaired) electrons. The van der Waals surface area contributed by atoms with Crippen LogP contribution in [0.4, 0.5) is 0 Å². The molecule has 1 saturated heterocycles. The van der Waals surface area contributed by atoms with Crippen LogP contribution in [0.2, 0.25) is 0 Å². The molecule has 13 heavy (non-hydrogen) atoms. The fraction of sp³-hybridized carbons (Fsp3) is 1.00. The number of hydrogen-bond donors (Lipinski definition) is 0. The first-order chi connectivity index (χ1) is 5.94. The van der Waals surface area contributed by atoms with E-state index in [9.17, 15) is 0 Å². The standard InChI is InChI=1S/C7H16.C3H6O.C2H6/c1-6(2)7(3,4)5;1-2-4-3-1;1-2/h6H,1-5H3;1-3H2;1-2H3. The lowest BCUT2D eigenvalue weighted by molar-refractivity contribution is 0.0367. The average Bonchev–Trinajstić information content (AvgIpc) is 1.86. The molecule has 82 valence electrons. The second kappa shape index (κ2) is 8.55. The van der Waals surface area contributed by atoms with E-state index in [-0.39, 0.29) is 0 Å². The summed E-state index contributed by atoms with van der Waals surface area (Å²) in [6.45, 7) is 17.3. The third-order valence-electron chi connectivity index (χ3n) is 2.31. The third-order valence-corrected chi connectivity index (χ3v) is 2.31. The first kappa shape index (κ1) is 15.4. The fourth-order valence-electron chi connectivity index (χ4n) is 0.144. The molecule has 0 aromatic rings. The van der Waals surface area contributed by atoms with Crippen LogP contribution in [0.1, 0.15) is 54.9 Å². The lowest BCUT2D eigenvalue weighted by Crippen LogP contribution is -2.12. The molecule has 0 atom stereocenters. The van der Waals surface area contributed by atoms with Gasteiger partial charge in [0.25, 0.3) is 0 Å². The van der Waals surface area contributed by atoms with E-state index in [1.165, 1.54) is 6.42 Å². The lowest BCUT2D eigenvalue weighted by Gasteiger charge is -2.22. The highest BCUT2D eigenvalue weighted by Crippen LogP contribution is 2.23. The maximum Gasteiger partial charge on any atom is 0.0488 e. The van der Waals surface area contributed by atoms with E-state index in [1.54, 1.807) is 0 Å². The Balaban J connectivity index is 0. The molecular formula is C12H28O. The van der Waals surface area contributed by atoms with E-state index in [0.29, 0.717) is 5.41 Å². The second-order valence-electron chi connectivity index (χ2n) is 4.49. The van der Waals surface area contributed by atoms with Gasteiger partial charge in [0.1, 0.15) is 0 Å². The number of hydrogen-bond acceptors (Lipinski definition) is 1. The zero-order valence-electron chi connectivity index (χ0n) is 10.6. The summed E-state index contributed by atoms with van der Waals surface area (Å²) in [5, 5.41) is 0. The van der Waals surface area contributed by atoms with E-state index in [0.717, 1.165) is 19.1 Å². The van der Waals surface area contributed by atoms with Gasteiger partial charge in [0, 0.05) is 13.2 Å². The van der Waals surface area contributed by atoms with Crippen molar-refractivity contribution in [3.63, 3.8) is 0 Å². The normalized spacial score (nSPS) is 14.8. The van der Waals surface area contributed by atoms with Crippen LogP contribution >= 0.6 is 0 Å². The first-order valence-electron chi connectivity index (χ1n) is 5.52. The maximum absolute atomic E-state index is 4.72. The van der Waals surface area contributed by atoms with E-state index in [2.05, 4.69) is 34.6 Å². The Morgan fingerprint density at radius 2 is 1.15 bits per heavy atom. The third kappa shape index (κ3) is 12.0. The number of ether oxygens (including phenoxy) is 1. The zero-order valence-corrected chi connectivity index (χ0v) is 10.6. The largest absolute Gasteiger partial charge is 0.381 e. The van der Waals surface area contributed by atoms with Crippen molar-refractivity contribution in [2.75, 3.05) is 13.2 Å². The van der Waals surface area contributed by atoms with Gasteiger partial charge in [-0.05, 0) is 17.8 Å². The molecule has 1 rings (SSSR count). The molecule has 1 aliphatic rings. The summed E-state index contributed by atoms with van der Waals surface area (Å²) in [5.74, 6) is 0.799. The van der Waals surface area contributed by atoms with Crippen molar-refractivity contribution in [3.8, 4) is 0 Å². The van der Waals surface area contributed by atoms with E-state index >= 15 is 0 Å². The van der Waals surface area contributed by atoms with Crippen molar-refractivity contribution in [1.29, 1.82) is 0 Å². The SMILES string of the molecule is C1COC1.CC.CC(C)C(C)(C)C. The maximum atomic E-state index is 4.72. The summed E-state index contributed by atoms with van der Waals surface area (Å²) in [5.41, 5.74) is 0.500. The molecule has 1 nitrogen and oxygen atoms in total. The van der Waals surface area contributed by atoms with E-state index in [1.807, 2.05) is 13.8 Å². The Morgan fingerprint density at radius 3 is 1.15 bits per heavy atom. The van der Waals surface area contributed by atoms with Crippen molar-refractivity contribution in [3.05, 3.63) is 0 Å². The lowest BCUT2D eigenvalue weighted by atomic mass is 9.84. The Kier molecular flexibility index (Phi) is 10.2. The highest BCUT2D eigenvalue weighted by atomic mass is 16.5. The van der Waals surface area contributed by atoms with Gasteiger partial charge < -0.3 is 4.74 Å². The number of rotatable bonds is 0. The van der Waals surface area contributed by atoms with Crippen LogP contribution in [0.15, 0.2) is 0 Å². The summed E-state index contributed by atoms with van der Waals surface area (Å²) in [7, 11) is 0. The minimum absolute atomic E-state index is 0.500. The van der Waals surface area contributed by atoms with Gasteiger partial charge in [-0.15, -0.1) is 0 Å². The molecule has 1 aliphatic heterocycles. The summed E-state index contributed by atoms with van der Waals surface area (Å²) in [6.07, 6.45) is 1.28. The van der Waals surface area contributed by atoms with Crippen LogP contribution in [0, 0.1) is 11.3 Å². The van der Waals surface area contributed by atoms with Crippen molar-refractivity contribution >= 4 is 0 Å². The van der Waals surface area contributed by atoms with Crippen molar-refractivity contribution < 1.29 is 4.74 Å². The van der Waals surface area contributed by atoms with Crippen molar-refractivity contribution in [2.45, 2.75) is 54.9 Å². The van der Waals surface area contributed by atoms with Gasteiger partial charge in [-0.25, -0.2) is 0 Å². The van der Waals surface area contributed by atoms with Crippen LogP contribution in [-0.2, 0) is 4.74 Å². The smallest absolute Gasteiger partial charge is 0.0488 e. The predicted molar refractivity (Wildman–Crippen MR) is 61.1 cm³/mol. The van der Waals surface area contributed by atoms with Gasteiger partial charge >= 0.3 is 0 Å². The van der Waals surface area contributed by atoms with Crippen LogP contribution in [0.25, 0.3) is 0 Å². The van der Waals surface area contributed by atoms with Crippen molar-refractivity contribution in [1.82, 2.24) is 0 Å². The average molecular weight is 188 g/mol. The molecule has 1 heteroatoms. The monoisotopic (exact) mass is 188 g/mol. The Bertz CT molecular complexity index is 81.8. The topological polar surface area (TPSA) is 9.23 Å². The minimum Gasteiger partial charge on any atom is -0.381 e. The minimum atomic E-state index is 0.500. The second-order valence-corrected chi connectivity index (χ2v) is 4.49. The van der Waals surface area contributed by atoms with Crippen LogP contribution < -0.4 is 0 Å². The summed E-state index contributed by atoms with van der Waals surface area (Å²) >= 11 is 0. The molecule has 0 aliphatic carbocycles. The highest BCUT2D eigenvalue weighted by molar-refractivity contribution is 4.64. The molecule has 0 aromatic heterocycles. The Labute approximate surface area is 84.9 Å². The molecule has 0 aromatic carbocycles.